The smallest absolute Gasteiger partial charge is 0.466 e. The minimum Gasteiger partial charge on any atom is -0.480 e. The van der Waals surface area contributed by atoms with Crippen LogP contribution in [-0.4, -0.2) is 61.2 Å². The second kappa shape index (κ2) is 13.5. The van der Waals surface area contributed by atoms with Crippen LogP contribution in [0.2, 0.25) is 0 Å². The Labute approximate surface area is 138 Å². The van der Waals surface area contributed by atoms with Gasteiger partial charge in [-0.05, 0) is 18.2 Å². The van der Waals surface area contributed by atoms with Crippen LogP contribution >= 0.6 is 19.6 Å². The Kier molecular flexibility index (Phi) is 14.3. The van der Waals surface area contributed by atoms with E-state index in [9.17, 15) is 9.59 Å². The van der Waals surface area contributed by atoms with E-state index in [0.29, 0.717) is 13.0 Å². The molecular weight excluding hydrogens is 351 g/mol. The lowest BCUT2D eigenvalue weighted by Gasteiger charge is -2.16. The number of aliphatic hydroxyl groups excluding tert-OH is 1. The average molecular weight is 374 g/mol. The van der Waals surface area contributed by atoms with Crippen molar-refractivity contribution >= 4 is 31.5 Å². The van der Waals surface area contributed by atoms with E-state index in [2.05, 4.69) is 5.32 Å². The van der Waals surface area contributed by atoms with Gasteiger partial charge in [-0.1, -0.05) is 6.08 Å². The standard InChI is InChI=1S/C9H13NO3S.C2H7NO.H3O4P/c1-6(11)10-8(9(12)13)5-7-3-2-4-14-7;3-1-2-4;1-5(2,3)4/h2,4,7-8H,3,5H2,1H3,(H,10,11)(H,12,13);4H,1-3H2;(H3,1,2,3,4)/t7?,8-;;/m0../s1. The number of carboxylic acids is 1. The number of aliphatic carboxylic acids is 1. The first-order valence-corrected chi connectivity index (χ1v) is 8.91. The maximum Gasteiger partial charge on any atom is 0.466 e. The molecule has 0 aromatic rings. The second-order valence-electron chi connectivity index (χ2n) is 4.22. The molecule has 1 heterocycles. The molecule has 0 aromatic carbocycles. The number of aliphatic hydroxyl groups is 1. The van der Waals surface area contributed by atoms with Gasteiger partial charge in [0.15, 0.2) is 0 Å². The van der Waals surface area contributed by atoms with Crippen LogP contribution in [0.1, 0.15) is 19.8 Å². The summed E-state index contributed by atoms with van der Waals surface area (Å²) in [5.41, 5.74) is 4.78. The summed E-state index contributed by atoms with van der Waals surface area (Å²) in [5, 5.41) is 21.3. The highest BCUT2D eigenvalue weighted by molar-refractivity contribution is 8.03. The fourth-order valence-corrected chi connectivity index (χ4v) is 2.28. The molecule has 8 N–H and O–H groups in total. The van der Waals surface area contributed by atoms with Gasteiger partial charge < -0.3 is 35.9 Å². The average Bonchev–Trinajstić information content (AvgIpc) is 2.88. The Bertz CT molecular complexity index is 410. The van der Waals surface area contributed by atoms with E-state index in [1.54, 1.807) is 11.8 Å². The number of hydrogen-bond acceptors (Lipinski definition) is 6. The summed E-state index contributed by atoms with van der Waals surface area (Å²) in [6, 6.07) is -0.759. The van der Waals surface area contributed by atoms with Crippen LogP contribution in [0.15, 0.2) is 11.5 Å². The Hall–Kier alpha value is -0.940. The first-order valence-electron chi connectivity index (χ1n) is 6.40. The molecule has 0 saturated heterocycles. The minimum absolute atomic E-state index is 0.0972. The monoisotopic (exact) mass is 374 g/mol. The minimum atomic E-state index is -4.64. The molecule has 0 radical (unpaired) electrons. The molecule has 0 aromatic heterocycles. The zero-order valence-corrected chi connectivity index (χ0v) is 14.2. The number of carbonyl (C=O) groups is 2. The SMILES string of the molecule is CC(=O)N[C@@H](CC1CC=CS1)C(=O)O.NCCO.O=P(O)(O)O. The number of amides is 1. The Morgan fingerprint density at radius 2 is 1.91 bits per heavy atom. The quantitative estimate of drug-likeness (QED) is 0.294. The highest BCUT2D eigenvalue weighted by Crippen LogP contribution is 2.27. The van der Waals surface area contributed by atoms with Gasteiger partial charge >= 0.3 is 13.8 Å². The molecule has 2 atom stereocenters. The number of allylic oxidation sites excluding steroid dienone is 1. The number of thioether (sulfide) groups is 1. The molecule has 12 heteroatoms. The summed E-state index contributed by atoms with van der Waals surface area (Å²) in [7, 11) is -4.64. The summed E-state index contributed by atoms with van der Waals surface area (Å²) in [6.07, 6.45) is 3.38. The van der Waals surface area contributed by atoms with E-state index >= 15 is 0 Å². The molecule has 1 aliphatic heterocycles. The normalized spacial score (nSPS) is 17.2. The van der Waals surface area contributed by atoms with Gasteiger partial charge in [0.2, 0.25) is 5.91 Å². The molecule has 1 unspecified atom stereocenters. The Balaban J connectivity index is 0. The van der Waals surface area contributed by atoms with E-state index in [-0.39, 0.29) is 17.8 Å². The van der Waals surface area contributed by atoms with Crippen molar-refractivity contribution in [2.75, 3.05) is 13.2 Å². The van der Waals surface area contributed by atoms with Crippen molar-refractivity contribution in [1.29, 1.82) is 0 Å². The van der Waals surface area contributed by atoms with Crippen LogP contribution in [0.25, 0.3) is 0 Å². The number of carbonyl (C=O) groups excluding carboxylic acids is 1. The summed E-state index contributed by atoms with van der Waals surface area (Å²) in [5.74, 6) is -1.26. The van der Waals surface area contributed by atoms with Crippen molar-refractivity contribution in [3.8, 4) is 0 Å². The lowest BCUT2D eigenvalue weighted by Crippen LogP contribution is -2.41. The van der Waals surface area contributed by atoms with E-state index in [1.165, 1.54) is 6.92 Å². The molecule has 10 nitrogen and oxygen atoms in total. The molecule has 1 aliphatic rings. The van der Waals surface area contributed by atoms with E-state index in [0.717, 1.165) is 6.42 Å². The number of phosphoric acid groups is 1. The predicted molar refractivity (Wildman–Crippen MR) is 85.4 cm³/mol. The van der Waals surface area contributed by atoms with Crippen molar-refractivity contribution < 1.29 is 39.0 Å². The Morgan fingerprint density at radius 3 is 2.17 bits per heavy atom. The van der Waals surface area contributed by atoms with Gasteiger partial charge in [-0.25, -0.2) is 9.36 Å². The molecule has 0 saturated carbocycles. The molecule has 1 amide bonds. The van der Waals surface area contributed by atoms with Gasteiger partial charge in [0, 0.05) is 18.7 Å². The first-order chi connectivity index (χ1) is 10.5. The van der Waals surface area contributed by atoms with Crippen LogP contribution in [0.4, 0.5) is 0 Å². The molecule has 23 heavy (non-hydrogen) atoms. The zero-order valence-electron chi connectivity index (χ0n) is 12.5. The molecule has 0 aliphatic carbocycles. The fraction of sp³-hybridized carbons (Fsp3) is 0.636. The lowest BCUT2D eigenvalue weighted by molar-refractivity contribution is -0.141. The topological polar surface area (TPSA) is 190 Å². The molecule has 0 fully saturated rings. The van der Waals surface area contributed by atoms with Crippen LogP contribution in [0, 0.1) is 0 Å². The van der Waals surface area contributed by atoms with Crippen molar-refractivity contribution in [1.82, 2.24) is 5.32 Å². The predicted octanol–water partition coefficient (Wildman–Crippen LogP) is -1.01. The van der Waals surface area contributed by atoms with E-state index in [1.807, 2.05) is 11.5 Å². The van der Waals surface area contributed by atoms with Crippen molar-refractivity contribution in [3.05, 3.63) is 11.5 Å². The number of nitrogens with one attached hydrogen (secondary N) is 1. The lowest BCUT2D eigenvalue weighted by atomic mass is 10.1. The second-order valence-corrected chi connectivity index (χ2v) is 6.46. The third-order valence-corrected chi connectivity index (χ3v) is 3.19. The van der Waals surface area contributed by atoms with Gasteiger partial charge in [0.05, 0.1) is 6.61 Å². The van der Waals surface area contributed by atoms with Crippen molar-refractivity contribution in [2.45, 2.75) is 31.1 Å². The zero-order chi connectivity index (χ0) is 18.5. The molecule has 136 valence electrons. The summed E-state index contributed by atoms with van der Waals surface area (Å²) >= 11 is 1.62. The third kappa shape index (κ3) is 21.1. The molecule has 0 spiro atoms. The van der Waals surface area contributed by atoms with Gasteiger partial charge in [-0.2, -0.15) is 0 Å². The van der Waals surface area contributed by atoms with Crippen molar-refractivity contribution in [2.24, 2.45) is 5.73 Å². The highest BCUT2D eigenvalue weighted by Gasteiger charge is 2.23. The van der Waals surface area contributed by atoms with Crippen LogP contribution in [-0.2, 0) is 14.2 Å². The van der Waals surface area contributed by atoms with Crippen LogP contribution in [0.5, 0.6) is 0 Å². The van der Waals surface area contributed by atoms with Gasteiger partial charge in [-0.15, -0.1) is 11.8 Å². The van der Waals surface area contributed by atoms with Crippen LogP contribution in [0.3, 0.4) is 0 Å². The molecular formula is C11H23N2O8PS. The number of hydrogen-bond donors (Lipinski definition) is 7. The van der Waals surface area contributed by atoms with Crippen molar-refractivity contribution in [3.63, 3.8) is 0 Å². The van der Waals surface area contributed by atoms with Gasteiger partial charge in [-0.3, -0.25) is 4.79 Å². The maximum atomic E-state index is 10.8. The van der Waals surface area contributed by atoms with Crippen LogP contribution < -0.4 is 11.1 Å². The Morgan fingerprint density at radius 1 is 1.43 bits per heavy atom. The summed E-state index contributed by atoms with van der Waals surface area (Å²) in [6.45, 7) is 1.80. The highest BCUT2D eigenvalue weighted by atomic mass is 32.2. The maximum absolute atomic E-state index is 10.8. The largest absolute Gasteiger partial charge is 0.480 e. The number of nitrogens with two attached hydrogens (primary N) is 1. The van der Waals surface area contributed by atoms with E-state index < -0.39 is 19.8 Å². The molecule has 1 rings (SSSR count). The summed E-state index contributed by atoms with van der Waals surface area (Å²) in [4.78, 5) is 43.1. The van der Waals surface area contributed by atoms with Gasteiger partial charge in [0.1, 0.15) is 6.04 Å². The first kappa shape index (κ1) is 24.3. The summed E-state index contributed by atoms with van der Waals surface area (Å²) < 4.78 is 8.88. The molecule has 0 bridgehead atoms. The number of rotatable bonds is 5. The third-order valence-electron chi connectivity index (χ3n) is 2.07. The fourth-order valence-electron chi connectivity index (χ4n) is 1.31. The van der Waals surface area contributed by atoms with E-state index in [4.69, 9.17) is 35.2 Å². The van der Waals surface area contributed by atoms with Gasteiger partial charge in [0.25, 0.3) is 0 Å². The number of carboxylic acid groups (broad SMARTS) is 1.